The highest BCUT2D eigenvalue weighted by Crippen LogP contribution is 2.22. The van der Waals surface area contributed by atoms with Crippen LogP contribution in [0.3, 0.4) is 0 Å². The zero-order valence-electron chi connectivity index (χ0n) is 18.6. The molecule has 3 rings (SSSR count). The van der Waals surface area contributed by atoms with E-state index >= 15 is 0 Å². The number of carbonyl (C=O) groups is 3. The molecule has 174 valence electrons. The second-order valence-corrected chi connectivity index (χ2v) is 7.82. The molecule has 2 heterocycles. The van der Waals surface area contributed by atoms with Crippen molar-refractivity contribution in [2.45, 2.75) is 26.7 Å². The summed E-state index contributed by atoms with van der Waals surface area (Å²) in [6.07, 6.45) is 2.00. The maximum Gasteiger partial charge on any atom is 0.254 e. The first-order chi connectivity index (χ1) is 15.7. The molecule has 0 aliphatic carbocycles. The van der Waals surface area contributed by atoms with Crippen molar-refractivity contribution in [2.75, 3.05) is 25.6 Å². The molecule has 2 aromatic heterocycles. The Morgan fingerprint density at radius 3 is 2.64 bits per heavy atom. The molecule has 0 aliphatic rings. The monoisotopic (exact) mass is 472 g/mol. The van der Waals surface area contributed by atoms with Gasteiger partial charge in [-0.2, -0.15) is 5.10 Å². The number of aryl methyl sites for hydroxylation is 2. The van der Waals surface area contributed by atoms with Crippen molar-refractivity contribution in [3.05, 3.63) is 57.5 Å². The van der Waals surface area contributed by atoms with Gasteiger partial charge in [0, 0.05) is 37.2 Å². The van der Waals surface area contributed by atoms with Gasteiger partial charge < -0.3 is 21.1 Å². The van der Waals surface area contributed by atoms with Crippen LogP contribution in [0.5, 0.6) is 0 Å². The Morgan fingerprint density at radius 2 is 1.97 bits per heavy atom. The first-order valence-electron chi connectivity index (χ1n) is 10.2. The fourth-order valence-electron chi connectivity index (χ4n) is 3.45. The summed E-state index contributed by atoms with van der Waals surface area (Å²) >= 11 is 6.22. The number of nitrogens with two attached hydrogens (primary N) is 1. The lowest BCUT2D eigenvalue weighted by molar-refractivity contribution is -0.116. The molecular weight excluding hydrogens is 448 g/mol. The average Bonchev–Trinajstić information content (AvgIpc) is 3.18. The van der Waals surface area contributed by atoms with Crippen LogP contribution in [0.4, 0.5) is 5.69 Å². The van der Waals surface area contributed by atoms with Crippen LogP contribution in [0.2, 0.25) is 5.02 Å². The van der Waals surface area contributed by atoms with Crippen molar-refractivity contribution in [3.8, 4) is 0 Å². The Morgan fingerprint density at radius 1 is 1.21 bits per heavy atom. The summed E-state index contributed by atoms with van der Waals surface area (Å²) in [6.45, 7) is 4.43. The molecule has 0 unspecified atom stereocenters. The minimum absolute atomic E-state index is 0.190. The highest BCUT2D eigenvalue weighted by atomic mass is 35.5. The van der Waals surface area contributed by atoms with Crippen molar-refractivity contribution in [3.63, 3.8) is 0 Å². The standard InChI is InChI=1S/C22H25ClN6O4/c1-12-15(13(2)29-21(27-12)17(11-26-29)20(24)31)6-7-19(30)28-14-4-5-16(18(23)10-14)22(32)25-8-9-33-3/h4-5,10-11H,6-9H2,1-3H3,(H2,24,31)(H,25,32)(H,28,30). The van der Waals surface area contributed by atoms with Gasteiger partial charge in [-0.25, -0.2) is 9.50 Å². The van der Waals surface area contributed by atoms with Crippen LogP contribution in [0.1, 0.15) is 44.1 Å². The number of nitrogens with zero attached hydrogens (tertiary/aromatic N) is 3. The van der Waals surface area contributed by atoms with E-state index in [1.807, 2.05) is 13.8 Å². The number of fused-ring (bicyclic) bond motifs is 1. The molecule has 3 amide bonds. The zero-order chi connectivity index (χ0) is 24.1. The summed E-state index contributed by atoms with van der Waals surface area (Å²) in [5.41, 5.74) is 9.15. The van der Waals surface area contributed by atoms with Gasteiger partial charge in [0.15, 0.2) is 5.65 Å². The topological polar surface area (TPSA) is 141 Å². The SMILES string of the molecule is COCCNC(=O)c1ccc(NC(=O)CCc2c(C)nc3c(C(N)=O)cnn3c2C)cc1Cl. The van der Waals surface area contributed by atoms with E-state index in [9.17, 15) is 14.4 Å². The fourth-order valence-corrected chi connectivity index (χ4v) is 3.71. The first-order valence-corrected chi connectivity index (χ1v) is 10.6. The Hall–Kier alpha value is -3.50. The number of hydrogen-bond acceptors (Lipinski definition) is 6. The van der Waals surface area contributed by atoms with Gasteiger partial charge >= 0.3 is 0 Å². The minimum Gasteiger partial charge on any atom is -0.383 e. The molecule has 1 aromatic carbocycles. The maximum atomic E-state index is 12.5. The van der Waals surface area contributed by atoms with Gasteiger partial charge in [-0.3, -0.25) is 14.4 Å². The third-order valence-electron chi connectivity index (χ3n) is 5.17. The molecule has 10 nitrogen and oxygen atoms in total. The number of aromatic nitrogens is 3. The Kier molecular flexibility index (Phi) is 7.62. The van der Waals surface area contributed by atoms with Gasteiger partial charge in [0.25, 0.3) is 11.8 Å². The van der Waals surface area contributed by atoms with Crippen LogP contribution in [-0.4, -0.2) is 52.6 Å². The van der Waals surface area contributed by atoms with E-state index in [0.717, 1.165) is 11.3 Å². The lowest BCUT2D eigenvalue weighted by Gasteiger charge is -2.12. The largest absolute Gasteiger partial charge is 0.383 e. The summed E-state index contributed by atoms with van der Waals surface area (Å²) in [4.78, 5) is 40.7. The molecular formula is C22H25ClN6O4. The molecule has 0 bridgehead atoms. The number of carbonyl (C=O) groups excluding carboxylic acids is 3. The number of hydrogen-bond donors (Lipinski definition) is 3. The summed E-state index contributed by atoms with van der Waals surface area (Å²) < 4.78 is 6.45. The Balaban J connectivity index is 1.66. The van der Waals surface area contributed by atoms with Gasteiger partial charge in [-0.05, 0) is 44.0 Å². The number of nitrogens with one attached hydrogen (secondary N) is 2. The lowest BCUT2D eigenvalue weighted by Crippen LogP contribution is -2.27. The van der Waals surface area contributed by atoms with Crippen LogP contribution >= 0.6 is 11.6 Å². The number of ether oxygens (including phenoxy) is 1. The Labute approximate surface area is 195 Å². The van der Waals surface area contributed by atoms with Gasteiger partial charge in [0.2, 0.25) is 5.91 Å². The molecule has 33 heavy (non-hydrogen) atoms. The zero-order valence-corrected chi connectivity index (χ0v) is 19.3. The van der Waals surface area contributed by atoms with Crippen LogP contribution < -0.4 is 16.4 Å². The molecule has 0 spiro atoms. The summed E-state index contributed by atoms with van der Waals surface area (Å²) in [5.74, 6) is -1.14. The third-order valence-corrected chi connectivity index (χ3v) is 5.48. The third kappa shape index (κ3) is 5.47. The predicted molar refractivity (Wildman–Crippen MR) is 124 cm³/mol. The number of rotatable bonds is 9. The molecule has 0 atom stereocenters. The van der Waals surface area contributed by atoms with E-state index in [1.165, 1.54) is 12.3 Å². The van der Waals surface area contributed by atoms with Crippen LogP contribution in [0.15, 0.2) is 24.4 Å². The number of amides is 3. The smallest absolute Gasteiger partial charge is 0.254 e. The minimum atomic E-state index is -0.597. The molecule has 0 radical (unpaired) electrons. The van der Waals surface area contributed by atoms with Gasteiger partial charge in [-0.15, -0.1) is 0 Å². The van der Waals surface area contributed by atoms with E-state index in [4.69, 9.17) is 22.1 Å². The molecule has 11 heteroatoms. The predicted octanol–water partition coefficient (Wildman–Crippen LogP) is 2.05. The quantitative estimate of drug-likeness (QED) is 0.407. The van der Waals surface area contributed by atoms with Crippen molar-refractivity contribution in [1.29, 1.82) is 0 Å². The second kappa shape index (κ2) is 10.4. The number of methoxy groups -OCH3 is 1. The Bertz CT molecular complexity index is 1220. The molecule has 4 N–H and O–H groups in total. The number of anilines is 1. The average molecular weight is 473 g/mol. The maximum absolute atomic E-state index is 12.5. The molecule has 0 saturated heterocycles. The highest BCUT2D eigenvalue weighted by Gasteiger charge is 2.17. The number of primary amides is 1. The van der Waals surface area contributed by atoms with Crippen molar-refractivity contribution in [2.24, 2.45) is 5.73 Å². The van der Waals surface area contributed by atoms with Crippen molar-refractivity contribution < 1.29 is 19.1 Å². The lowest BCUT2D eigenvalue weighted by atomic mass is 10.1. The van der Waals surface area contributed by atoms with Crippen LogP contribution in [-0.2, 0) is 16.0 Å². The summed E-state index contributed by atoms with van der Waals surface area (Å²) in [7, 11) is 1.55. The summed E-state index contributed by atoms with van der Waals surface area (Å²) in [5, 5.41) is 9.90. The molecule has 0 fully saturated rings. The van der Waals surface area contributed by atoms with Crippen molar-refractivity contribution >= 4 is 40.7 Å². The van der Waals surface area contributed by atoms with Gasteiger partial charge in [-0.1, -0.05) is 11.6 Å². The first kappa shape index (κ1) is 24.1. The molecule has 0 saturated carbocycles. The molecule has 0 aliphatic heterocycles. The van der Waals surface area contributed by atoms with E-state index in [0.29, 0.717) is 42.2 Å². The normalized spacial score (nSPS) is 10.9. The second-order valence-electron chi connectivity index (χ2n) is 7.41. The van der Waals surface area contributed by atoms with E-state index < -0.39 is 5.91 Å². The number of benzene rings is 1. The van der Waals surface area contributed by atoms with Crippen molar-refractivity contribution in [1.82, 2.24) is 19.9 Å². The van der Waals surface area contributed by atoms with Gasteiger partial charge in [0.1, 0.15) is 5.56 Å². The van der Waals surface area contributed by atoms with E-state index in [-0.39, 0.29) is 28.8 Å². The molecule has 3 aromatic rings. The van der Waals surface area contributed by atoms with E-state index in [1.54, 1.807) is 23.8 Å². The van der Waals surface area contributed by atoms with Crippen LogP contribution in [0, 0.1) is 13.8 Å². The fraction of sp³-hybridized carbons (Fsp3) is 0.318. The van der Waals surface area contributed by atoms with E-state index in [2.05, 4.69) is 20.7 Å². The van der Waals surface area contributed by atoms with Gasteiger partial charge in [0.05, 0.1) is 23.4 Å². The highest BCUT2D eigenvalue weighted by molar-refractivity contribution is 6.34. The number of halogens is 1. The van der Waals surface area contributed by atoms with Crippen LogP contribution in [0.25, 0.3) is 5.65 Å². The summed E-state index contributed by atoms with van der Waals surface area (Å²) in [6, 6.07) is 4.71.